The number of aryl methyl sites for hydroxylation is 1. The number of unbranched alkanes of at least 4 members (excludes halogenated alkanes) is 1. The highest BCUT2D eigenvalue weighted by Gasteiger charge is 2.13. The summed E-state index contributed by atoms with van der Waals surface area (Å²) in [5, 5.41) is 7.17. The quantitative estimate of drug-likeness (QED) is 0.722. The maximum absolute atomic E-state index is 4.80. The average molecular weight is 302 g/mol. The zero-order chi connectivity index (χ0) is 14.9. The van der Waals surface area contributed by atoms with Crippen LogP contribution in [0, 0.1) is 0 Å². The maximum Gasteiger partial charge on any atom is 0.0928 e. The molecule has 3 heteroatoms. The van der Waals surface area contributed by atoms with Crippen molar-refractivity contribution in [1.29, 1.82) is 0 Å². The summed E-state index contributed by atoms with van der Waals surface area (Å²) >= 11 is 1.81. The molecule has 1 aromatic carbocycles. The van der Waals surface area contributed by atoms with E-state index in [9.17, 15) is 0 Å². The Labute approximate surface area is 132 Å². The van der Waals surface area contributed by atoms with Crippen LogP contribution in [-0.2, 0) is 12.8 Å². The summed E-state index contributed by atoms with van der Waals surface area (Å²) < 4.78 is 0. The average Bonchev–Trinajstić information content (AvgIpc) is 2.97. The van der Waals surface area contributed by atoms with E-state index in [-0.39, 0.29) is 0 Å². The van der Waals surface area contributed by atoms with Crippen molar-refractivity contribution in [3.8, 4) is 0 Å². The first-order valence-corrected chi connectivity index (χ1v) is 8.93. The lowest BCUT2D eigenvalue weighted by atomic mass is 10.0. The molecule has 0 aliphatic rings. The number of hydrogen-bond acceptors (Lipinski definition) is 3. The molecule has 1 N–H and O–H groups in total. The largest absolute Gasteiger partial charge is 0.310 e. The first-order valence-electron chi connectivity index (χ1n) is 8.05. The minimum Gasteiger partial charge on any atom is -0.310 e. The van der Waals surface area contributed by atoms with Crippen LogP contribution in [0.5, 0.6) is 0 Å². The molecule has 1 aromatic heterocycles. The monoisotopic (exact) mass is 302 g/mol. The van der Waals surface area contributed by atoms with Crippen LogP contribution in [0.25, 0.3) is 0 Å². The summed E-state index contributed by atoms with van der Waals surface area (Å²) in [6.45, 7) is 5.49. The first-order chi connectivity index (χ1) is 10.3. The molecular formula is C18H26N2S. The highest BCUT2D eigenvalue weighted by molar-refractivity contribution is 7.09. The van der Waals surface area contributed by atoms with E-state index in [4.69, 9.17) is 4.98 Å². The predicted molar refractivity (Wildman–Crippen MR) is 91.9 cm³/mol. The Morgan fingerprint density at radius 1 is 1.14 bits per heavy atom. The van der Waals surface area contributed by atoms with Crippen molar-refractivity contribution in [3.05, 3.63) is 52.0 Å². The molecule has 2 aromatic rings. The topological polar surface area (TPSA) is 24.9 Å². The molecule has 1 heterocycles. The van der Waals surface area contributed by atoms with Crippen molar-refractivity contribution in [2.75, 3.05) is 6.54 Å². The summed E-state index contributed by atoms with van der Waals surface area (Å²) in [7, 11) is 0. The maximum atomic E-state index is 4.80. The van der Waals surface area contributed by atoms with Crippen LogP contribution in [0.4, 0.5) is 0 Å². The molecule has 2 rings (SSSR count). The fourth-order valence-electron chi connectivity index (χ4n) is 2.41. The van der Waals surface area contributed by atoms with E-state index in [0.717, 1.165) is 25.8 Å². The van der Waals surface area contributed by atoms with Gasteiger partial charge in [-0.25, -0.2) is 4.98 Å². The van der Waals surface area contributed by atoms with Gasteiger partial charge in [0.15, 0.2) is 0 Å². The molecular weight excluding hydrogens is 276 g/mol. The minimum atomic E-state index is 0.368. The van der Waals surface area contributed by atoms with Gasteiger partial charge in [0.25, 0.3) is 0 Å². The standard InChI is InChI=1S/C18H26N2S/c1-3-5-11-18-20-16(14-21-18)13-17(19-12-4-2)15-9-7-6-8-10-15/h6-10,14,17,19H,3-5,11-13H2,1-2H3. The Morgan fingerprint density at radius 2 is 1.95 bits per heavy atom. The van der Waals surface area contributed by atoms with Crippen LogP contribution in [0.1, 0.15) is 55.4 Å². The second kappa shape index (κ2) is 8.96. The van der Waals surface area contributed by atoms with E-state index in [1.54, 1.807) is 0 Å². The number of benzene rings is 1. The third kappa shape index (κ3) is 5.25. The van der Waals surface area contributed by atoms with Crippen LogP contribution in [-0.4, -0.2) is 11.5 Å². The highest BCUT2D eigenvalue weighted by atomic mass is 32.1. The number of nitrogens with zero attached hydrogens (tertiary/aromatic N) is 1. The number of nitrogens with one attached hydrogen (secondary N) is 1. The van der Waals surface area contributed by atoms with Crippen molar-refractivity contribution in [2.45, 2.75) is 52.0 Å². The van der Waals surface area contributed by atoms with Gasteiger partial charge >= 0.3 is 0 Å². The Kier molecular flexibility index (Phi) is 6.90. The molecule has 0 aliphatic heterocycles. The van der Waals surface area contributed by atoms with Crippen LogP contribution in [0.2, 0.25) is 0 Å². The van der Waals surface area contributed by atoms with Crippen molar-refractivity contribution in [3.63, 3.8) is 0 Å². The molecule has 0 aliphatic carbocycles. The molecule has 0 spiro atoms. The van der Waals surface area contributed by atoms with Crippen molar-refractivity contribution >= 4 is 11.3 Å². The zero-order valence-electron chi connectivity index (χ0n) is 13.1. The van der Waals surface area contributed by atoms with E-state index in [2.05, 4.69) is 54.9 Å². The van der Waals surface area contributed by atoms with E-state index in [0.29, 0.717) is 6.04 Å². The Morgan fingerprint density at radius 3 is 2.67 bits per heavy atom. The van der Waals surface area contributed by atoms with E-state index < -0.39 is 0 Å². The first kappa shape index (κ1) is 16.2. The summed E-state index contributed by atoms with van der Waals surface area (Å²) in [5.41, 5.74) is 2.58. The Balaban J connectivity index is 2.02. The summed E-state index contributed by atoms with van der Waals surface area (Å²) in [6.07, 6.45) is 5.73. The molecule has 0 saturated heterocycles. The molecule has 1 unspecified atom stereocenters. The second-order valence-electron chi connectivity index (χ2n) is 5.46. The number of hydrogen-bond donors (Lipinski definition) is 1. The predicted octanol–water partition coefficient (Wildman–Crippen LogP) is 4.77. The summed E-state index contributed by atoms with van der Waals surface area (Å²) in [5.74, 6) is 0. The fourth-order valence-corrected chi connectivity index (χ4v) is 3.26. The van der Waals surface area contributed by atoms with Gasteiger partial charge in [-0.3, -0.25) is 0 Å². The highest BCUT2D eigenvalue weighted by Crippen LogP contribution is 2.20. The minimum absolute atomic E-state index is 0.368. The van der Waals surface area contributed by atoms with Crippen molar-refractivity contribution in [1.82, 2.24) is 10.3 Å². The molecule has 0 radical (unpaired) electrons. The lowest BCUT2D eigenvalue weighted by molar-refractivity contribution is 0.525. The lowest BCUT2D eigenvalue weighted by Gasteiger charge is -2.18. The van der Waals surface area contributed by atoms with Crippen LogP contribution >= 0.6 is 11.3 Å². The van der Waals surface area contributed by atoms with Gasteiger partial charge in [0, 0.05) is 17.8 Å². The van der Waals surface area contributed by atoms with Gasteiger partial charge in [-0.2, -0.15) is 0 Å². The zero-order valence-corrected chi connectivity index (χ0v) is 14.0. The van der Waals surface area contributed by atoms with E-state index >= 15 is 0 Å². The van der Waals surface area contributed by atoms with Gasteiger partial charge in [-0.05, 0) is 31.4 Å². The van der Waals surface area contributed by atoms with Gasteiger partial charge in [0.05, 0.1) is 10.7 Å². The van der Waals surface area contributed by atoms with E-state index in [1.165, 1.54) is 29.1 Å². The smallest absolute Gasteiger partial charge is 0.0928 e. The molecule has 2 nitrogen and oxygen atoms in total. The van der Waals surface area contributed by atoms with Gasteiger partial charge in [0.2, 0.25) is 0 Å². The Hall–Kier alpha value is -1.19. The van der Waals surface area contributed by atoms with Crippen molar-refractivity contribution < 1.29 is 0 Å². The van der Waals surface area contributed by atoms with Crippen LogP contribution < -0.4 is 5.32 Å². The molecule has 21 heavy (non-hydrogen) atoms. The normalized spacial score (nSPS) is 12.5. The van der Waals surface area contributed by atoms with Crippen molar-refractivity contribution in [2.24, 2.45) is 0 Å². The molecule has 0 bridgehead atoms. The lowest BCUT2D eigenvalue weighted by Crippen LogP contribution is -2.24. The molecule has 1 atom stereocenters. The SMILES string of the molecule is CCCCc1nc(CC(NCCC)c2ccccc2)cs1. The molecule has 0 saturated carbocycles. The summed E-state index contributed by atoms with van der Waals surface area (Å²) in [6, 6.07) is 11.1. The second-order valence-corrected chi connectivity index (χ2v) is 6.40. The molecule has 114 valence electrons. The van der Waals surface area contributed by atoms with Gasteiger partial charge in [0.1, 0.15) is 0 Å². The fraction of sp³-hybridized carbons (Fsp3) is 0.500. The number of aromatic nitrogens is 1. The number of thiazole rings is 1. The number of rotatable bonds is 9. The molecule has 0 fully saturated rings. The van der Waals surface area contributed by atoms with Gasteiger partial charge in [-0.15, -0.1) is 11.3 Å². The van der Waals surface area contributed by atoms with E-state index in [1.807, 2.05) is 11.3 Å². The van der Waals surface area contributed by atoms with Crippen LogP contribution in [0.15, 0.2) is 35.7 Å². The summed E-state index contributed by atoms with van der Waals surface area (Å²) in [4.78, 5) is 4.80. The van der Waals surface area contributed by atoms with Crippen LogP contribution in [0.3, 0.4) is 0 Å². The third-order valence-electron chi connectivity index (χ3n) is 3.60. The third-order valence-corrected chi connectivity index (χ3v) is 4.56. The van der Waals surface area contributed by atoms with Gasteiger partial charge < -0.3 is 5.32 Å². The molecule has 0 amide bonds. The Bertz CT molecular complexity index is 507. The van der Waals surface area contributed by atoms with Gasteiger partial charge in [-0.1, -0.05) is 50.6 Å².